The number of carboxylic acid groups (broad SMARTS) is 3. The Morgan fingerprint density at radius 3 is 1.72 bits per heavy atom. The molecule has 3 atom stereocenters. The minimum absolute atomic E-state index is 0. The number of carbonyl (C=O) groups is 3. The molecule has 0 saturated carbocycles. The number of fused-ring (bicyclic) bond motifs is 2. The minimum atomic E-state index is -1.67. The molecule has 0 saturated heterocycles. The molecular formula is C51H73Cl4FKN13O12S6Y-2. The van der Waals surface area contributed by atoms with Crippen molar-refractivity contribution < 1.29 is 148 Å². The molecule has 13 N–H and O–H groups in total. The first-order valence-corrected chi connectivity index (χ1v) is 27.8. The Morgan fingerprint density at radius 1 is 0.910 bits per heavy atom. The van der Waals surface area contributed by atoms with E-state index in [2.05, 4.69) is 121 Å². The summed E-state index contributed by atoms with van der Waals surface area (Å²) in [5, 5.41) is 60.1. The van der Waals surface area contributed by atoms with Gasteiger partial charge in [-0.05, 0) is 75.8 Å². The van der Waals surface area contributed by atoms with E-state index in [-0.39, 0.29) is 149 Å². The molecule has 491 valence electrons. The summed E-state index contributed by atoms with van der Waals surface area (Å²) in [4.78, 5) is 65.8. The van der Waals surface area contributed by atoms with Crippen LogP contribution in [0.25, 0.3) is 22.2 Å². The van der Waals surface area contributed by atoms with Gasteiger partial charge in [0, 0.05) is 95.8 Å². The van der Waals surface area contributed by atoms with E-state index >= 15 is 0 Å². The molecule has 0 amide bonds. The number of thiol groups is 1. The van der Waals surface area contributed by atoms with Crippen LogP contribution in [0.2, 0.25) is 5.35 Å². The number of nitrogens with zero attached hydrogens (tertiary/aromatic N) is 8. The molecule has 0 bridgehead atoms. The van der Waals surface area contributed by atoms with Gasteiger partial charge in [0.15, 0.2) is 33.9 Å². The zero-order chi connectivity index (χ0) is 63.6. The van der Waals surface area contributed by atoms with Gasteiger partial charge in [-0.25, -0.2) is 14.0 Å². The van der Waals surface area contributed by atoms with Gasteiger partial charge in [-0.15, -0.1) is 12.4 Å². The summed E-state index contributed by atoms with van der Waals surface area (Å²) in [5.41, 5.74) is 14.6. The second kappa shape index (κ2) is 53.9. The maximum atomic E-state index is 11.1. The number of nitrogens with one attached hydrogen (secondary N) is 3. The molecule has 0 fully saturated rings. The van der Waals surface area contributed by atoms with Crippen molar-refractivity contribution in [1.82, 2.24) is 34.9 Å². The molecule has 8 heterocycles. The fraction of sp³-hybridized carbons (Fsp3) is 0.333. The predicted molar refractivity (Wildman–Crippen MR) is 365 cm³/mol. The summed E-state index contributed by atoms with van der Waals surface area (Å²) in [6.07, 6.45) is 17.3. The number of thiocarbonyl (C=S) groups is 1. The Hall–Kier alpha value is -3.59. The number of aliphatic carboxylic acids is 3. The number of H-pyrrole nitrogens is 1. The van der Waals surface area contributed by atoms with Gasteiger partial charge in [-0.2, -0.15) is 35.7 Å². The number of nitrogen functional groups attached to an aromatic ring is 1. The number of aliphatic imine (C=N–C) groups is 2. The first-order chi connectivity index (χ1) is 38.7. The molecule has 1 radical (unpaired) electrons. The SMILES string of the molecule is C.C.C.C.CC(=S)[S-].CC(C)(S)C(N)C(=O)O.CC1(C)SC(Nc2ccncc2O)=NC1C(=O)O.C[C-](C)C(N=[C-]Nc1ccncc1O)C(=O)O.Cl.Clc1nc2ccncc2o1.Nc1ccncc1O.O=S(Cl)Cl.S=c1[nH]c2ccncc2o1.[2H]CF.[K+].[Y]. The Bertz CT molecular complexity index is 3190. The number of anilines is 3. The summed E-state index contributed by atoms with van der Waals surface area (Å²) in [6.45, 7) is 12.0. The third-order valence-corrected chi connectivity index (χ3v) is 10.5. The van der Waals surface area contributed by atoms with E-state index in [1.165, 1.54) is 61.1 Å². The zero-order valence-electron chi connectivity index (χ0n) is 47.0. The summed E-state index contributed by atoms with van der Waals surface area (Å²) in [7, 11) is 6.36. The molecule has 1 aliphatic heterocycles. The van der Waals surface area contributed by atoms with Gasteiger partial charge in [-0.3, -0.25) is 44.8 Å². The molecular weight excluding hydrogens is 1470 g/mol. The number of hydrogen-bond acceptors (Lipinski definition) is 25. The summed E-state index contributed by atoms with van der Waals surface area (Å²) < 4.78 is 34.0. The molecule has 0 aliphatic carbocycles. The van der Waals surface area contributed by atoms with Crippen LogP contribution in [0.4, 0.5) is 21.5 Å². The van der Waals surface area contributed by atoms with Crippen LogP contribution in [0.15, 0.2) is 111 Å². The average molecular weight is 1540 g/mol. The van der Waals surface area contributed by atoms with Crippen LogP contribution in [0, 0.1) is 10.8 Å². The maximum absolute atomic E-state index is 11.1. The Morgan fingerprint density at radius 2 is 1.35 bits per heavy atom. The number of aromatic amines is 1. The summed E-state index contributed by atoms with van der Waals surface area (Å²) in [5.74, 6) is -2.40. The predicted octanol–water partition coefficient (Wildman–Crippen LogP) is 9.42. The van der Waals surface area contributed by atoms with Gasteiger partial charge in [0.2, 0.25) is 9.23 Å². The normalized spacial score (nSPS) is 12.4. The summed E-state index contributed by atoms with van der Waals surface area (Å²) >= 11 is 24.3. The van der Waals surface area contributed by atoms with Crippen LogP contribution in [-0.2, 0) is 68.9 Å². The van der Waals surface area contributed by atoms with Gasteiger partial charge in [-0.1, -0.05) is 66.5 Å². The van der Waals surface area contributed by atoms with Gasteiger partial charge >= 0.3 is 63.3 Å². The molecule has 0 aromatic carbocycles. The fourth-order valence-corrected chi connectivity index (χ4v) is 6.52. The molecule has 38 heteroatoms. The van der Waals surface area contributed by atoms with Crippen molar-refractivity contribution in [3.8, 4) is 17.2 Å². The molecule has 0 spiro atoms. The largest absolute Gasteiger partial charge is 1.00 e. The topological polar surface area (TPSA) is 410 Å². The number of amidine groups is 1. The minimum Gasteiger partial charge on any atom is -0.523 e. The van der Waals surface area contributed by atoms with E-state index in [9.17, 15) is 29.0 Å². The molecule has 3 unspecified atom stereocenters. The second-order valence-corrected chi connectivity index (χ2v) is 23.7. The van der Waals surface area contributed by atoms with Crippen molar-refractivity contribution in [3.05, 3.63) is 108 Å². The van der Waals surface area contributed by atoms with E-state index < -0.39 is 61.9 Å². The average Bonchev–Trinajstić information content (AvgIpc) is 2.62. The van der Waals surface area contributed by atoms with Crippen molar-refractivity contribution in [3.63, 3.8) is 0 Å². The van der Waals surface area contributed by atoms with Crippen molar-refractivity contribution in [2.24, 2.45) is 15.7 Å². The zero-order valence-corrected chi connectivity index (χ0v) is 60.0. The van der Waals surface area contributed by atoms with Gasteiger partial charge in [0.05, 0.1) is 66.9 Å². The maximum Gasteiger partial charge on any atom is 1.00 e. The Labute approximate surface area is 634 Å². The fourth-order valence-electron chi connectivity index (χ4n) is 4.95. The van der Waals surface area contributed by atoms with E-state index in [0.29, 0.717) is 48.3 Å². The number of carboxylic acids is 3. The number of aromatic hydroxyl groups is 3. The van der Waals surface area contributed by atoms with Crippen molar-refractivity contribution >= 4 is 189 Å². The number of aromatic nitrogens is 7. The van der Waals surface area contributed by atoms with Gasteiger partial charge in [0.1, 0.15) is 11.6 Å². The summed E-state index contributed by atoms with van der Waals surface area (Å²) in [6, 6.07) is 5.57. The van der Waals surface area contributed by atoms with Gasteiger partial charge in [0.25, 0.3) is 16.2 Å². The number of oxazole rings is 2. The molecule has 8 rings (SSSR count). The van der Waals surface area contributed by atoms with Crippen LogP contribution in [0.3, 0.4) is 0 Å². The first-order valence-electron chi connectivity index (χ1n) is 22.8. The number of thioether (sulfide) groups is 1. The van der Waals surface area contributed by atoms with E-state index in [1.807, 2.05) is 19.9 Å². The molecule has 7 aromatic rings. The Kier molecular flexibility index (Phi) is 59.9. The van der Waals surface area contributed by atoms with Crippen molar-refractivity contribution in [2.75, 3.05) is 23.5 Å². The number of nitrogens with two attached hydrogens (primary N) is 2. The third-order valence-electron chi connectivity index (χ3n) is 8.75. The number of alkyl halides is 1. The van der Waals surface area contributed by atoms with Crippen molar-refractivity contribution in [1.29, 1.82) is 0 Å². The quantitative estimate of drug-likeness (QED) is 0.00736. The van der Waals surface area contributed by atoms with E-state index in [4.69, 9.17) is 70.1 Å². The Balaban J connectivity index is -0.000000145. The number of hydrogen-bond donors (Lipinski definition) is 12. The van der Waals surface area contributed by atoms with Crippen LogP contribution < -0.4 is 73.5 Å². The van der Waals surface area contributed by atoms with Gasteiger partial charge < -0.3 is 96.4 Å². The van der Waals surface area contributed by atoms with E-state index in [1.54, 1.807) is 71.5 Å². The van der Waals surface area contributed by atoms with Crippen LogP contribution in [0.5, 0.6) is 17.2 Å². The van der Waals surface area contributed by atoms with Crippen molar-refractivity contribution in [2.45, 2.75) is 106 Å². The number of halogens is 5. The molecule has 1 aliphatic rings. The second-order valence-electron chi connectivity index (χ2n) is 16.3. The standard InChI is InChI=1S/C11H13N3O3S.C11H13N3O3.C6H3ClN2O.C6H4N2OS.C5H6N2O.C5H11NO2S.C2H4S2.CH3F.4CH4.Cl2OS.ClH.K.Y/c1-11(2)8(9(16)17)14-10(18-11)13-6-3-4-12-5-7(6)15;1-7(2)10(11(16)17)14-6-13-8-3-4-12-5-9(8)15;7-6-9-4-1-2-8-3-5(4)10-6;10-6-8-4-1-2-7-3-5(4)9-6;6-4-1-2-7-3-5(4)8;1-5(2,9)3(6)4(7)8;1-2(3)4;1-2;;;;;1-4(2)3;;;/h3-5,8,15H,1-2H3,(H,16,17)(H,12,13,14);3-5,10,15H,1-2H3,(H,16,17)(H,12,13,14);1-3H;1-3H,(H,8,10);1-3,8H,(H2,6,7);3,9H,6H2,1-2H3,(H,7,8);1H3,(H,3,4);1H3;4*1H4;;1H;;/q;-2;;;;;;;;;;;;;+1;/p-1/i;;;;;;;1D;;;;;;;;. The monoisotopic (exact) mass is 1540 g/mol. The van der Waals surface area contributed by atoms with Crippen LogP contribution in [0.1, 0.15) is 79.5 Å². The molecule has 7 aromatic heterocycles. The smallest absolute Gasteiger partial charge is 0.523 e. The van der Waals surface area contributed by atoms with Crippen LogP contribution >= 0.6 is 94.2 Å². The first kappa shape index (κ1) is 99.0. The third kappa shape index (κ3) is 43.8. The molecule has 89 heavy (non-hydrogen) atoms. The number of pyridine rings is 5. The molecule has 25 nitrogen and oxygen atoms in total. The number of rotatable bonds is 9. The van der Waals surface area contributed by atoms with Crippen LogP contribution in [-0.4, -0.2) is 138 Å². The van der Waals surface area contributed by atoms with E-state index in [0.717, 1.165) is 11.0 Å².